The SMILES string of the molecule is O=C(N[C@H](Cc1ccc(O)cc1)C(=O)O)c1ccncc1. The van der Waals surface area contributed by atoms with E-state index in [0.29, 0.717) is 11.1 Å². The zero-order valence-electron chi connectivity index (χ0n) is 11.1. The van der Waals surface area contributed by atoms with E-state index in [2.05, 4.69) is 10.3 Å². The summed E-state index contributed by atoms with van der Waals surface area (Å²) in [5.41, 5.74) is 1.05. The number of nitrogens with zero attached hydrogens (tertiary/aromatic N) is 1. The molecule has 1 heterocycles. The summed E-state index contributed by atoms with van der Waals surface area (Å²) < 4.78 is 0. The second kappa shape index (κ2) is 6.51. The summed E-state index contributed by atoms with van der Waals surface area (Å²) in [5, 5.41) is 20.9. The summed E-state index contributed by atoms with van der Waals surface area (Å²) in [6.45, 7) is 0. The highest BCUT2D eigenvalue weighted by atomic mass is 16.4. The molecular formula is C15H14N2O4. The van der Waals surface area contributed by atoms with Crippen LogP contribution in [0.3, 0.4) is 0 Å². The van der Waals surface area contributed by atoms with Crippen LogP contribution in [0.4, 0.5) is 0 Å². The number of pyridine rings is 1. The number of hydrogen-bond acceptors (Lipinski definition) is 4. The van der Waals surface area contributed by atoms with E-state index in [-0.39, 0.29) is 12.2 Å². The molecule has 1 aromatic heterocycles. The van der Waals surface area contributed by atoms with Crippen LogP contribution in [-0.4, -0.2) is 33.1 Å². The molecule has 0 aliphatic rings. The molecule has 0 saturated carbocycles. The topological polar surface area (TPSA) is 99.5 Å². The van der Waals surface area contributed by atoms with Crippen LogP contribution >= 0.6 is 0 Å². The highest BCUT2D eigenvalue weighted by Gasteiger charge is 2.21. The lowest BCUT2D eigenvalue weighted by Gasteiger charge is -2.14. The van der Waals surface area contributed by atoms with Gasteiger partial charge in [-0.25, -0.2) is 4.79 Å². The van der Waals surface area contributed by atoms with Crippen LogP contribution in [-0.2, 0) is 11.2 Å². The molecule has 0 aliphatic carbocycles. The van der Waals surface area contributed by atoms with Crippen molar-refractivity contribution in [1.29, 1.82) is 0 Å². The van der Waals surface area contributed by atoms with Gasteiger partial charge in [0.05, 0.1) is 0 Å². The van der Waals surface area contributed by atoms with E-state index >= 15 is 0 Å². The number of aromatic hydroxyl groups is 1. The van der Waals surface area contributed by atoms with Crippen LogP contribution in [0.5, 0.6) is 5.75 Å². The standard InChI is InChI=1S/C15H14N2O4/c18-12-3-1-10(2-4-12)9-13(15(20)21)17-14(19)11-5-7-16-8-6-11/h1-8,13,18H,9H2,(H,17,19)(H,20,21)/t13-/m1/s1. The number of phenols is 1. The van der Waals surface area contributed by atoms with Gasteiger partial charge >= 0.3 is 5.97 Å². The number of carboxylic acid groups (broad SMARTS) is 1. The number of aromatic nitrogens is 1. The Morgan fingerprint density at radius 1 is 1.10 bits per heavy atom. The van der Waals surface area contributed by atoms with Crippen molar-refractivity contribution in [3.05, 3.63) is 59.9 Å². The first kappa shape index (κ1) is 14.5. The number of benzene rings is 1. The Labute approximate surface area is 121 Å². The smallest absolute Gasteiger partial charge is 0.326 e. The summed E-state index contributed by atoms with van der Waals surface area (Å²) in [6.07, 6.45) is 3.06. The minimum Gasteiger partial charge on any atom is -0.508 e. The van der Waals surface area contributed by atoms with Crippen molar-refractivity contribution in [2.45, 2.75) is 12.5 Å². The van der Waals surface area contributed by atoms with E-state index in [0.717, 1.165) is 0 Å². The minimum atomic E-state index is -1.12. The average molecular weight is 286 g/mol. The van der Waals surface area contributed by atoms with Crippen molar-refractivity contribution in [3.63, 3.8) is 0 Å². The van der Waals surface area contributed by atoms with Gasteiger partial charge in [0.2, 0.25) is 0 Å². The van der Waals surface area contributed by atoms with Gasteiger partial charge in [0.25, 0.3) is 5.91 Å². The van der Waals surface area contributed by atoms with Gasteiger partial charge in [-0.1, -0.05) is 12.1 Å². The van der Waals surface area contributed by atoms with Crippen LogP contribution in [0.25, 0.3) is 0 Å². The molecule has 0 spiro atoms. The Balaban J connectivity index is 2.07. The highest BCUT2D eigenvalue weighted by Crippen LogP contribution is 2.11. The number of hydrogen-bond donors (Lipinski definition) is 3. The molecule has 2 rings (SSSR count). The number of rotatable bonds is 5. The number of amides is 1. The van der Waals surface area contributed by atoms with Crippen molar-refractivity contribution in [2.75, 3.05) is 0 Å². The number of phenolic OH excluding ortho intramolecular Hbond substituents is 1. The third-order valence-electron chi connectivity index (χ3n) is 2.92. The van der Waals surface area contributed by atoms with E-state index in [1.165, 1.54) is 36.7 Å². The predicted molar refractivity (Wildman–Crippen MR) is 74.9 cm³/mol. The zero-order chi connectivity index (χ0) is 15.2. The predicted octanol–water partition coefficient (Wildman–Crippen LogP) is 1.21. The first-order valence-corrected chi connectivity index (χ1v) is 6.28. The second-order valence-electron chi connectivity index (χ2n) is 4.47. The molecule has 108 valence electrons. The number of carboxylic acids is 1. The molecule has 21 heavy (non-hydrogen) atoms. The maximum absolute atomic E-state index is 12.0. The second-order valence-corrected chi connectivity index (χ2v) is 4.47. The summed E-state index contributed by atoms with van der Waals surface area (Å²) in [4.78, 5) is 27.0. The summed E-state index contributed by atoms with van der Waals surface area (Å²) >= 11 is 0. The Bertz CT molecular complexity index is 626. The lowest BCUT2D eigenvalue weighted by Crippen LogP contribution is -2.42. The van der Waals surface area contributed by atoms with Gasteiger partial charge in [0.1, 0.15) is 11.8 Å². The van der Waals surface area contributed by atoms with Crippen LogP contribution < -0.4 is 5.32 Å². The Morgan fingerprint density at radius 3 is 2.29 bits per heavy atom. The number of carbonyl (C=O) groups excluding carboxylic acids is 1. The molecular weight excluding hydrogens is 272 g/mol. The van der Waals surface area contributed by atoms with Crippen molar-refractivity contribution < 1.29 is 19.8 Å². The normalized spacial score (nSPS) is 11.6. The van der Waals surface area contributed by atoms with E-state index in [4.69, 9.17) is 0 Å². The fraction of sp³-hybridized carbons (Fsp3) is 0.133. The van der Waals surface area contributed by atoms with Crippen LogP contribution in [0.15, 0.2) is 48.8 Å². The largest absolute Gasteiger partial charge is 0.508 e. The van der Waals surface area contributed by atoms with Crippen molar-refractivity contribution in [3.8, 4) is 5.75 Å². The van der Waals surface area contributed by atoms with Gasteiger partial charge in [0.15, 0.2) is 0 Å². The van der Waals surface area contributed by atoms with Gasteiger partial charge < -0.3 is 15.5 Å². The molecule has 2 aromatic rings. The molecule has 6 heteroatoms. The monoisotopic (exact) mass is 286 g/mol. The fourth-order valence-electron chi connectivity index (χ4n) is 1.81. The van der Waals surface area contributed by atoms with Gasteiger partial charge in [0, 0.05) is 24.4 Å². The third kappa shape index (κ3) is 4.04. The Hall–Kier alpha value is -2.89. The van der Waals surface area contributed by atoms with Crippen LogP contribution in [0.1, 0.15) is 15.9 Å². The van der Waals surface area contributed by atoms with Crippen LogP contribution in [0.2, 0.25) is 0 Å². The quantitative estimate of drug-likeness (QED) is 0.767. The lowest BCUT2D eigenvalue weighted by atomic mass is 10.1. The lowest BCUT2D eigenvalue weighted by molar-refractivity contribution is -0.139. The maximum Gasteiger partial charge on any atom is 0.326 e. The summed E-state index contributed by atoms with van der Waals surface area (Å²) in [7, 11) is 0. The molecule has 0 bridgehead atoms. The van der Waals surface area contributed by atoms with Crippen molar-refractivity contribution >= 4 is 11.9 Å². The fourth-order valence-corrected chi connectivity index (χ4v) is 1.81. The number of nitrogens with one attached hydrogen (secondary N) is 1. The van der Waals surface area contributed by atoms with Crippen LogP contribution in [0, 0.1) is 0 Å². The van der Waals surface area contributed by atoms with E-state index < -0.39 is 17.9 Å². The molecule has 1 atom stereocenters. The average Bonchev–Trinajstić information content (AvgIpc) is 2.49. The molecule has 0 fully saturated rings. The van der Waals surface area contributed by atoms with Gasteiger partial charge in [-0.2, -0.15) is 0 Å². The molecule has 0 radical (unpaired) electrons. The highest BCUT2D eigenvalue weighted by molar-refractivity contribution is 5.96. The third-order valence-corrected chi connectivity index (χ3v) is 2.92. The van der Waals surface area contributed by atoms with E-state index in [9.17, 15) is 19.8 Å². The molecule has 3 N–H and O–H groups in total. The van der Waals surface area contributed by atoms with Crippen molar-refractivity contribution in [1.82, 2.24) is 10.3 Å². The van der Waals surface area contributed by atoms with Gasteiger partial charge in [-0.05, 0) is 29.8 Å². The summed E-state index contributed by atoms with van der Waals surface area (Å²) in [5.74, 6) is -1.49. The molecule has 0 unspecified atom stereocenters. The molecule has 0 saturated heterocycles. The molecule has 0 aliphatic heterocycles. The van der Waals surface area contributed by atoms with Crippen molar-refractivity contribution in [2.24, 2.45) is 0 Å². The number of aliphatic carboxylic acids is 1. The van der Waals surface area contributed by atoms with Gasteiger partial charge in [-0.3, -0.25) is 9.78 Å². The minimum absolute atomic E-state index is 0.103. The Kier molecular flexibility index (Phi) is 4.50. The zero-order valence-corrected chi connectivity index (χ0v) is 11.1. The molecule has 1 aromatic carbocycles. The van der Waals surface area contributed by atoms with Gasteiger partial charge in [-0.15, -0.1) is 0 Å². The first-order chi connectivity index (χ1) is 10.1. The first-order valence-electron chi connectivity index (χ1n) is 6.28. The molecule has 6 nitrogen and oxygen atoms in total. The number of carbonyl (C=O) groups is 2. The summed E-state index contributed by atoms with van der Waals surface area (Å²) in [6, 6.07) is 8.14. The Morgan fingerprint density at radius 2 is 1.71 bits per heavy atom. The van der Waals surface area contributed by atoms with E-state index in [1.807, 2.05) is 0 Å². The van der Waals surface area contributed by atoms with E-state index in [1.54, 1.807) is 12.1 Å². The maximum atomic E-state index is 12.0. The molecule has 1 amide bonds.